The molecule has 0 saturated heterocycles. The molecule has 0 saturated carbocycles. The van der Waals surface area contributed by atoms with Crippen molar-refractivity contribution >= 4 is 41.0 Å². The molecule has 114 valence electrons. The number of rotatable bonds is 5. The molecule has 4 nitrogen and oxygen atoms in total. The lowest BCUT2D eigenvalue weighted by molar-refractivity contribution is 0.417. The first-order valence-corrected chi connectivity index (χ1v) is 8.23. The first-order chi connectivity index (χ1) is 10.7. The van der Waals surface area contributed by atoms with E-state index in [1.165, 1.54) is 4.90 Å². The molecule has 2 aromatic carbocycles. The van der Waals surface area contributed by atoms with Gasteiger partial charge in [0.15, 0.2) is 5.11 Å². The molecular formula is C16H17N3OS2. The van der Waals surface area contributed by atoms with E-state index in [1.807, 2.05) is 42.7 Å². The average molecular weight is 331 g/mol. The quantitative estimate of drug-likeness (QED) is 0.378. The number of hydrazone groups is 1. The zero-order valence-corrected chi connectivity index (χ0v) is 14.0. The minimum absolute atomic E-state index is 0.404. The largest absolute Gasteiger partial charge is 0.495 e. The van der Waals surface area contributed by atoms with E-state index in [9.17, 15) is 0 Å². The Morgan fingerprint density at radius 3 is 2.59 bits per heavy atom. The molecule has 0 aliphatic heterocycles. The van der Waals surface area contributed by atoms with Crippen LogP contribution in [0.1, 0.15) is 5.56 Å². The van der Waals surface area contributed by atoms with Gasteiger partial charge in [-0.15, -0.1) is 11.8 Å². The molecule has 0 spiro atoms. The summed E-state index contributed by atoms with van der Waals surface area (Å²) in [7, 11) is 1.62. The van der Waals surface area contributed by atoms with Gasteiger partial charge >= 0.3 is 0 Å². The van der Waals surface area contributed by atoms with Crippen molar-refractivity contribution in [2.75, 3.05) is 18.7 Å². The molecule has 0 radical (unpaired) electrons. The Morgan fingerprint density at radius 2 is 1.91 bits per heavy atom. The SMILES string of the molecule is COc1ccccc1NC(=S)NN=Cc1ccc(SC)cc1. The van der Waals surface area contributed by atoms with E-state index in [0.717, 1.165) is 17.0 Å². The number of hydrogen-bond acceptors (Lipinski definition) is 4. The van der Waals surface area contributed by atoms with Crippen LogP contribution in [0.4, 0.5) is 5.69 Å². The Morgan fingerprint density at radius 1 is 1.18 bits per heavy atom. The topological polar surface area (TPSA) is 45.6 Å². The van der Waals surface area contributed by atoms with Gasteiger partial charge in [0.1, 0.15) is 5.75 Å². The summed E-state index contributed by atoms with van der Waals surface area (Å²) in [6.45, 7) is 0. The summed E-state index contributed by atoms with van der Waals surface area (Å²) in [5, 5.41) is 7.57. The van der Waals surface area contributed by atoms with Crippen molar-refractivity contribution in [2.24, 2.45) is 5.10 Å². The molecule has 0 aliphatic carbocycles. The van der Waals surface area contributed by atoms with Crippen LogP contribution in [0.5, 0.6) is 5.75 Å². The second-order valence-electron chi connectivity index (χ2n) is 4.30. The maximum Gasteiger partial charge on any atom is 0.191 e. The summed E-state index contributed by atoms with van der Waals surface area (Å²) in [6, 6.07) is 15.7. The molecule has 0 bridgehead atoms. The van der Waals surface area contributed by atoms with Crippen molar-refractivity contribution < 1.29 is 4.74 Å². The molecule has 2 rings (SSSR count). The number of para-hydroxylation sites is 2. The van der Waals surface area contributed by atoms with Crippen LogP contribution >= 0.6 is 24.0 Å². The second kappa shape index (κ2) is 8.41. The van der Waals surface area contributed by atoms with Gasteiger partial charge in [-0.05, 0) is 48.3 Å². The van der Waals surface area contributed by atoms with E-state index < -0.39 is 0 Å². The van der Waals surface area contributed by atoms with Crippen molar-refractivity contribution in [3.63, 3.8) is 0 Å². The fourth-order valence-corrected chi connectivity index (χ4v) is 2.32. The summed E-state index contributed by atoms with van der Waals surface area (Å²) >= 11 is 6.91. The number of anilines is 1. The fourth-order valence-electron chi connectivity index (χ4n) is 1.75. The molecule has 22 heavy (non-hydrogen) atoms. The fraction of sp³-hybridized carbons (Fsp3) is 0.125. The molecule has 0 unspecified atom stereocenters. The number of nitrogens with one attached hydrogen (secondary N) is 2. The van der Waals surface area contributed by atoms with Crippen LogP contribution in [-0.4, -0.2) is 24.7 Å². The van der Waals surface area contributed by atoms with Crippen molar-refractivity contribution in [1.29, 1.82) is 0 Å². The summed E-state index contributed by atoms with van der Waals surface area (Å²) in [4.78, 5) is 1.22. The van der Waals surface area contributed by atoms with Crippen LogP contribution in [0, 0.1) is 0 Å². The number of methoxy groups -OCH3 is 1. The van der Waals surface area contributed by atoms with Gasteiger partial charge < -0.3 is 10.1 Å². The number of thiocarbonyl (C=S) groups is 1. The van der Waals surface area contributed by atoms with Crippen molar-refractivity contribution in [1.82, 2.24) is 5.43 Å². The highest BCUT2D eigenvalue weighted by atomic mass is 32.2. The third-order valence-corrected chi connectivity index (χ3v) is 3.79. The normalized spacial score (nSPS) is 10.5. The van der Waals surface area contributed by atoms with Gasteiger partial charge in [0.2, 0.25) is 0 Å². The molecule has 0 fully saturated rings. The van der Waals surface area contributed by atoms with E-state index in [-0.39, 0.29) is 0 Å². The number of nitrogens with zero attached hydrogens (tertiary/aromatic N) is 1. The summed E-state index contributed by atoms with van der Waals surface area (Å²) in [5.74, 6) is 0.725. The Hall–Kier alpha value is -2.05. The lowest BCUT2D eigenvalue weighted by atomic mass is 10.2. The van der Waals surface area contributed by atoms with Crippen LogP contribution in [0.3, 0.4) is 0 Å². The van der Waals surface area contributed by atoms with E-state index in [4.69, 9.17) is 17.0 Å². The van der Waals surface area contributed by atoms with Gasteiger partial charge in [-0.2, -0.15) is 5.10 Å². The van der Waals surface area contributed by atoms with Crippen molar-refractivity contribution in [3.8, 4) is 5.75 Å². The molecular weight excluding hydrogens is 314 g/mol. The van der Waals surface area contributed by atoms with Crippen LogP contribution in [0.15, 0.2) is 58.5 Å². The molecule has 0 atom stereocenters. The minimum Gasteiger partial charge on any atom is -0.495 e. The monoisotopic (exact) mass is 331 g/mol. The van der Waals surface area contributed by atoms with E-state index in [1.54, 1.807) is 25.1 Å². The lowest BCUT2D eigenvalue weighted by Gasteiger charge is -2.10. The Bertz CT molecular complexity index is 657. The van der Waals surface area contributed by atoms with Gasteiger partial charge in [0.25, 0.3) is 0 Å². The molecule has 2 N–H and O–H groups in total. The highest BCUT2D eigenvalue weighted by Gasteiger charge is 2.02. The summed E-state index contributed by atoms with van der Waals surface area (Å²) in [5.41, 5.74) is 4.59. The number of hydrogen-bond donors (Lipinski definition) is 2. The van der Waals surface area contributed by atoms with Crippen LogP contribution in [-0.2, 0) is 0 Å². The molecule has 0 aliphatic rings. The van der Waals surface area contributed by atoms with E-state index >= 15 is 0 Å². The molecule has 2 aromatic rings. The molecule has 6 heteroatoms. The molecule has 0 heterocycles. The highest BCUT2D eigenvalue weighted by Crippen LogP contribution is 2.22. The van der Waals surface area contributed by atoms with Crippen LogP contribution in [0.2, 0.25) is 0 Å². The summed E-state index contributed by atoms with van der Waals surface area (Å²) < 4.78 is 5.25. The van der Waals surface area contributed by atoms with Crippen molar-refractivity contribution in [3.05, 3.63) is 54.1 Å². The van der Waals surface area contributed by atoms with Crippen LogP contribution < -0.4 is 15.5 Å². The third-order valence-electron chi connectivity index (χ3n) is 2.85. The first-order valence-electron chi connectivity index (χ1n) is 6.60. The first kappa shape index (κ1) is 16.3. The standard InChI is InChI=1S/C16H17N3OS2/c1-20-15-6-4-3-5-14(15)18-16(21)19-17-11-12-7-9-13(22-2)10-8-12/h3-11H,1-2H3,(H2,18,19,21). The van der Waals surface area contributed by atoms with Crippen molar-refractivity contribution in [2.45, 2.75) is 4.90 Å². The maximum absolute atomic E-state index is 5.25. The lowest BCUT2D eigenvalue weighted by Crippen LogP contribution is -2.24. The zero-order valence-electron chi connectivity index (χ0n) is 12.4. The maximum atomic E-state index is 5.25. The van der Waals surface area contributed by atoms with Gasteiger partial charge in [-0.3, -0.25) is 5.43 Å². The smallest absolute Gasteiger partial charge is 0.191 e. The van der Waals surface area contributed by atoms with Gasteiger partial charge in [-0.25, -0.2) is 0 Å². The zero-order chi connectivity index (χ0) is 15.8. The minimum atomic E-state index is 0.404. The average Bonchev–Trinajstić information content (AvgIpc) is 2.56. The third kappa shape index (κ3) is 4.75. The Balaban J connectivity index is 1.90. The number of thioether (sulfide) groups is 1. The van der Waals surface area contributed by atoms with Gasteiger partial charge in [0.05, 0.1) is 19.0 Å². The van der Waals surface area contributed by atoms with Gasteiger partial charge in [-0.1, -0.05) is 24.3 Å². The van der Waals surface area contributed by atoms with Gasteiger partial charge in [0, 0.05) is 4.90 Å². The second-order valence-corrected chi connectivity index (χ2v) is 5.59. The Labute approximate surface area is 140 Å². The highest BCUT2D eigenvalue weighted by molar-refractivity contribution is 7.98. The predicted molar refractivity (Wildman–Crippen MR) is 98.2 cm³/mol. The molecule has 0 amide bonds. The predicted octanol–water partition coefficient (Wildman–Crippen LogP) is 3.74. The van der Waals surface area contributed by atoms with E-state index in [2.05, 4.69) is 28.0 Å². The van der Waals surface area contributed by atoms with Crippen LogP contribution in [0.25, 0.3) is 0 Å². The summed E-state index contributed by atoms with van der Waals surface area (Å²) in [6.07, 6.45) is 3.77. The number of benzene rings is 2. The molecule has 0 aromatic heterocycles. The van der Waals surface area contributed by atoms with E-state index in [0.29, 0.717) is 5.11 Å². The Kier molecular flexibility index (Phi) is 6.24. The number of ether oxygens (including phenoxy) is 1.